The zero-order chi connectivity index (χ0) is 25.5. The number of thioether (sulfide) groups is 1. The topological polar surface area (TPSA) is 62.7 Å². The second-order valence-electron chi connectivity index (χ2n) is 9.28. The van der Waals surface area contributed by atoms with Gasteiger partial charge in [0.05, 0.1) is 18.5 Å². The van der Waals surface area contributed by atoms with Crippen molar-refractivity contribution in [2.24, 2.45) is 11.8 Å². The van der Waals surface area contributed by atoms with Gasteiger partial charge in [0.25, 0.3) is 0 Å². The van der Waals surface area contributed by atoms with Crippen LogP contribution < -0.4 is 4.74 Å². The number of ether oxygens (including phenoxy) is 1. The first-order valence-corrected chi connectivity index (χ1v) is 13.3. The Morgan fingerprint density at radius 1 is 1.25 bits per heavy atom. The number of alkyl halides is 1. The van der Waals surface area contributed by atoms with E-state index >= 15 is 4.39 Å². The van der Waals surface area contributed by atoms with Gasteiger partial charge in [-0.05, 0) is 105 Å². The predicted molar refractivity (Wildman–Crippen MR) is 139 cm³/mol. The Bertz CT molecular complexity index is 1160. The molecule has 1 N–H and O–H groups in total. The van der Waals surface area contributed by atoms with E-state index in [0.29, 0.717) is 29.8 Å². The fourth-order valence-electron chi connectivity index (χ4n) is 4.97. The van der Waals surface area contributed by atoms with Gasteiger partial charge in [-0.2, -0.15) is 0 Å². The normalized spacial score (nSPS) is 19.3. The number of carboxylic acids is 1. The summed E-state index contributed by atoms with van der Waals surface area (Å²) in [7, 11) is 1.58. The Kier molecular flexibility index (Phi) is 9.15. The van der Waals surface area contributed by atoms with Crippen LogP contribution >= 0.6 is 11.8 Å². The Balaban J connectivity index is 1.29. The summed E-state index contributed by atoms with van der Waals surface area (Å²) in [5.41, 5.74) is 1.28. The molecule has 0 saturated carbocycles. The minimum absolute atomic E-state index is 0.0479. The quantitative estimate of drug-likeness (QED) is 0.237. The summed E-state index contributed by atoms with van der Waals surface area (Å²) in [6, 6.07) is 13.6. The number of nitrogens with zero attached hydrogens (tertiary/aromatic N) is 2. The van der Waals surface area contributed by atoms with Crippen molar-refractivity contribution in [3.05, 3.63) is 66.1 Å². The van der Waals surface area contributed by atoms with E-state index in [1.54, 1.807) is 55.4 Å². The highest BCUT2D eigenvalue weighted by Crippen LogP contribution is 2.35. The van der Waals surface area contributed by atoms with Crippen molar-refractivity contribution in [3.63, 3.8) is 0 Å². The highest BCUT2D eigenvalue weighted by Gasteiger charge is 2.34. The van der Waals surface area contributed by atoms with Crippen LogP contribution in [0.5, 0.6) is 5.75 Å². The average Bonchev–Trinajstić information content (AvgIpc) is 2.90. The molecule has 3 aromatic rings. The number of carbonyl (C=O) groups is 1. The van der Waals surface area contributed by atoms with Crippen molar-refractivity contribution in [2.75, 3.05) is 32.5 Å². The summed E-state index contributed by atoms with van der Waals surface area (Å²) < 4.78 is 33.7. The van der Waals surface area contributed by atoms with Gasteiger partial charge in [-0.25, -0.2) is 8.78 Å². The molecule has 0 spiro atoms. The van der Waals surface area contributed by atoms with Gasteiger partial charge < -0.3 is 14.7 Å². The molecule has 0 radical (unpaired) electrons. The lowest BCUT2D eigenvalue weighted by Crippen LogP contribution is -2.44. The van der Waals surface area contributed by atoms with Gasteiger partial charge in [-0.15, -0.1) is 11.8 Å². The van der Waals surface area contributed by atoms with Gasteiger partial charge in [-0.1, -0.05) is 0 Å². The molecule has 5 nitrogen and oxygen atoms in total. The third-order valence-electron chi connectivity index (χ3n) is 6.97. The van der Waals surface area contributed by atoms with Crippen LogP contribution in [0.2, 0.25) is 0 Å². The van der Waals surface area contributed by atoms with Crippen LogP contribution in [0, 0.1) is 17.7 Å². The van der Waals surface area contributed by atoms with Gasteiger partial charge in [0.15, 0.2) is 0 Å². The van der Waals surface area contributed by atoms with E-state index in [0.717, 1.165) is 42.0 Å². The maximum absolute atomic E-state index is 15.4. The number of hydrogen-bond donors (Lipinski definition) is 1. The molecular formula is C28H32F2N2O3S. The fraction of sp³-hybridized carbons (Fsp3) is 0.429. The van der Waals surface area contributed by atoms with E-state index in [9.17, 15) is 14.3 Å². The minimum atomic E-state index is -1.20. The highest BCUT2D eigenvalue weighted by atomic mass is 32.2. The highest BCUT2D eigenvalue weighted by molar-refractivity contribution is 7.99. The zero-order valence-electron chi connectivity index (χ0n) is 20.4. The number of fused-ring (bicyclic) bond motifs is 1. The molecule has 2 heterocycles. The standard InChI is InChI=1S/C28H32F2N2O3S/c1-35-21-6-10-27-24(17-21)23(11-13-31-27)26(30)9-3-19-12-15-32(18-25(19)28(33)34)14-2-16-36-22-7-4-20(29)5-8-22/h4-8,10-11,13,17,19,25-26H,2-3,9,12,14-16,18H2,1H3,(H,33,34)/t19-,25+,26+/m1/s1. The number of methoxy groups -OCH3 is 1. The fourth-order valence-corrected chi connectivity index (χ4v) is 5.81. The maximum Gasteiger partial charge on any atom is 0.308 e. The molecule has 0 bridgehead atoms. The summed E-state index contributed by atoms with van der Waals surface area (Å²) in [4.78, 5) is 19.6. The third-order valence-corrected chi connectivity index (χ3v) is 8.07. The first-order chi connectivity index (χ1) is 17.4. The number of likely N-dealkylation sites (tertiary alicyclic amines) is 1. The summed E-state index contributed by atoms with van der Waals surface area (Å²) in [5.74, 6) is -0.0517. The number of aliphatic carboxylic acids is 1. The number of aromatic nitrogens is 1. The number of rotatable bonds is 11. The Labute approximate surface area is 214 Å². The number of carboxylic acid groups (broad SMARTS) is 1. The Hall–Kier alpha value is -2.71. The van der Waals surface area contributed by atoms with Crippen molar-refractivity contribution >= 4 is 28.6 Å². The van der Waals surface area contributed by atoms with E-state index in [4.69, 9.17) is 4.74 Å². The van der Waals surface area contributed by atoms with Gasteiger partial charge in [0.1, 0.15) is 17.7 Å². The zero-order valence-corrected chi connectivity index (χ0v) is 21.2. The molecular weight excluding hydrogens is 482 g/mol. The predicted octanol–water partition coefficient (Wildman–Crippen LogP) is 6.38. The second kappa shape index (κ2) is 12.5. The van der Waals surface area contributed by atoms with Crippen LogP contribution in [0.25, 0.3) is 10.9 Å². The number of halogens is 2. The summed E-state index contributed by atoms with van der Waals surface area (Å²) in [6.07, 6.45) is 2.89. The van der Waals surface area contributed by atoms with Gasteiger partial charge in [0.2, 0.25) is 0 Å². The molecule has 1 saturated heterocycles. The van der Waals surface area contributed by atoms with Gasteiger partial charge in [-0.3, -0.25) is 9.78 Å². The molecule has 192 valence electrons. The molecule has 1 fully saturated rings. The van der Waals surface area contributed by atoms with Crippen LogP contribution in [0.1, 0.15) is 37.4 Å². The molecule has 0 unspecified atom stereocenters. The van der Waals surface area contributed by atoms with Crippen molar-refractivity contribution in [2.45, 2.75) is 36.8 Å². The first-order valence-electron chi connectivity index (χ1n) is 12.3. The molecule has 1 aromatic heterocycles. The lowest BCUT2D eigenvalue weighted by atomic mass is 9.81. The largest absolute Gasteiger partial charge is 0.497 e. The lowest BCUT2D eigenvalue weighted by molar-refractivity contribution is -0.146. The summed E-state index contributed by atoms with van der Waals surface area (Å²) in [5, 5.41) is 10.6. The van der Waals surface area contributed by atoms with Crippen molar-refractivity contribution in [1.82, 2.24) is 9.88 Å². The third kappa shape index (κ3) is 6.73. The average molecular weight is 515 g/mol. The number of pyridine rings is 1. The Morgan fingerprint density at radius 2 is 2.06 bits per heavy atom. The SMILES string of the molecule is COc1ccc2nccc([C@@H](F)CC[C@@H]3CCN(CCCSc4ccc(F)cc4)C[C@@H]3C(=O)O)c2c1. The minimum Gasteiger partial charge on any atom is -0.497 e. The molecule has 0 aliphatic carbocycles. The summed E-state index contributed by atoms with van der Waals surface area (Å²) in [6.45, 7) is 2.14. The van der Waals surface area contributed by atoms with Crippen LogP contribution in [-0.4, -0.2) is 53.5 Å². The molecule has 1 aliphatic heterocycles. The van der Waals surface area contributed by atoms with E-state index in [1.807, 2.05) is 6.07 Å². The molecule has 3 atom stereocenters. The van der Waals surface area contributed by atoms with Crippen LogP contribution in [0.4, 0.5) is 8.78 Å². The van der Waals surface area contributed by atoms with Crippen LogP contribution in [-0.2, 0) is 4.79 Å². The first kappa shape index (κ1) is 26.4. The van der Waals surface area contributed by atoms with E-state index in [2.05, 4.69) is 9.88 Å². The van der Waals surface area contributed by atoms with Crippen molar-refractivity contribution in [1.29, 1.82) is 0 Å². The molecule has 1 aliphatic rings. The number of benzene rings is 2. The number of piperidine rings is 1. The molecule has 36 heavy (non-hydrogen) atoms. The van der Waals surface area contributed by atoms with E-state index in [-0.39, 0.29) is 18.2 Å². The van der Waals surface area contributed by atoms with Crippen molar-refractivity contribution in [3.8, 4) is 5.75 Å². The number of hydrogen-bond acceptors (Lipinski definition) is 5. The van der Waals surface area contributed by atoms with Crippen LogP contribution in [0.15, 0.2) is 59.6 Å². The monoisotopic (exact) mass is 514 g/mol. The smallest absolute Gasteiger partial charge is 0.308 e. The molecule has 4 rings (SSSR count). The van der Waals surface area contributed by atoms with Gasteiger partial charge >= 0.3 is 5.97 Å². The maximum atomic E-state index is 15.4. The molecule has 2 aromatic carbocycles. The Morgan fingerprint density at radius 3 is 2.81 bits per heavy atom. The van der Waals surface area contributed by atoms with Crippen LogP contribution in [0.3, 0.4) is 0 Å². The second-order valence-corrected chi connectivity index (χ2v) is 10.4. The van der Waals surface area contributed by atoms with E-state index in [1.165, 1.54) is 12.1 Å². The molecule has 0 amide bonds. The summed E-state index contributed by atoms with van der Waals surface area (Å²) >= 11 is 1.67. The van der Waals surface area contributed by atoms with Crippen molar-refractivity contribution < 1.29 is 23.4 Å². The van der Waals surface area contributed by atoms with Gasteiger partial charge in [0, 0.05) is 23.0 Å². The lowest BCUT2D eigenvalue weighted by Gasteiger charge is -2.36. The molecule has 8 heteroatoms. The van der Waals surface area contributed by atoms with E-state index < -0.39 is 18.1 Å².